The van der Waals surface area contributed by atoms with Crippen LogP contribution < -0.4 is 5.32 Å². The van der Waals surface area contributed by atoms with Crippen LogP contribution in [0.2, 0.25) is 0 Å². The molecule has 1 saturated heterocycles. The van der Waals surface area contributed by atoms with E-state index in [9.17, 15) is 10.2 Å². The fourth-order valence-electron chi connectivity index (χ4n) is 2.44. The first kappa shape index (κ1) is 11.3. The zero-order chi connectivity index (χ0) is 11.5. The lowest BCUT2D eigenvalue weighted by Gasteiger charge is -2.28. The van der Waals surface area contributed by atoms with E-state index in [0.29, 0.717) is 11.8 Å². The first-order valence-corrected chi connectivity index (χ1v) is 5.91. The molecule has 2 rings (SSSR count). The molecular formula is C13H19NO2. The lowest BCUT2D eigenvalue weighted by atomic mass is 9.82. The summed E-state index contributed by atoms with van der Waals surface area (Å²) in [4.78, 5) is 0. The van der Waals surface area contributed by atoms with Crippen LogP contribution in [0.3, 0.4) is 0 Å². The summed E-state index contributed by atoms with van der Waals surface area (Å²) < 4.78 is 0. The summed E-state index contributed by atoms with van der Waals surface area (Å²) in [6.07, 6.45) is 2.37. The van der Waals surface area contributed by atoms with Crippen molar-refractivity contribution in [3.8, 4) is 11.5 Å². The van der Waals surface area contributed by atoms with Crippen LogP contribution in [0.25, 0.3) is 0 Å². The largest absolute Gasteiger partial charge is 0.504 e. The molecule has 1 unspecified atom stereocenters. The number of benzene rings is 1. The van der Waals surface area contributed by atoms with Crippen molar-refractivity contribution < 1.29 is 10.2 Å². The third kappa shape index (κ3) is 2.30. The van der Waals surface area contributed by atoms with Gasteiger partial charge in [0.05, 0.1) is 0 Å². The van der Waals surface area contributed by atoms with Crippen LogP contribution >= 0.6 is 0 Å². The smallest absolute Gasteiger partial charge is 0.157 e. The van der Waals surface area contributed by atoms with Gasteiger partial charge in [-0.05, 0) is 55.5 Å². The quantitative estimate of drug-likeness (QED) is 0.671. The van der Waals surface area contributed by atoms with Crippen LogP contribution in [0.1, 0.15) is 31.2 Å². The maximum atomic E-state index is 9.49. The van der Waals surface area contributed by atoms with E-state index in [1.807, 2.05) is 6.07 Å². The van der Waals surface area contributed by atoms with E-state index in [1.165, 1.54) is 12.8 Å². The van der Waals surface area contributed by atoms with Crippen LogP contribution in [0.4, 0.5) is 0 Å². The molecule has 1 atom stereocenters. The van der Waals surface area contributed by atoms with Gasteiger partial charge >= 0.3 is 0 Å². The second-order valence-electron chi connectivity index (χ2n) is 4.62. The number of nitrogens with one attached hydrogen (secondary N) is 1. The number of phenolic OH excluding ortho intramolecular Hbond substituents is 2. The van der Waals surface area contributed by atoms with Crippen molar-refractivity contribution in [3.05, 3.63) is 23.8 Å². The third-order valence-corrected chi connectivity index (χ3v) is 3.62. The number of aromatic hydroxyl groups is 2. The van der Waals surface area contributed by atoms with Crippen molar-refractivity contribution in [2.75, 3.05) is 13.1 Å². The molecule has 3 heteroatoms. The maximum absolute atomic E-state index is 9.49. The molecular weight excluding hydrogens is 202 g/mol. The molecule has 0 aliphatic carbocycles. The van der Waals surface area contributed by atoms with Gasteiger partial charge in [0, 0.05) is 0 Å². The average molecular weight is 221 g/mol. The molecule has 1 heterocycles. The van der Waals surface area contributed by atoms with Gasteiger partial charge in [0.25, 0.3) is 0 Å². The number of hydrogen-bond donors (Lipinski definition) is 3. The Morgan fingerprint density at radius 3 is 2.50 bits per heavy atom. The Labute approximate surface area is 96.1 Å². The molecule has 1 fully saturated rings. The summed E-state index contributed by atoms with van der Waals surface area (Å²) in [5.74, 6) is 1.05. The van der Waals surface area contributed by atoms with Crippen molar-refractivity contribution in [1.82, 2.24) is 5.32 Å². The van der Waals surface area contributed by atoms with E-state index >= 15 is 0 Å². The maximum Gasteiger partial charge on any atom is 0.157 e. The highest BCUT2D eigenvalue weighted by molar-refractivity contribution is 5.41. The van der Waals surface area contributed by atoms with Gasteiger partial charge in [0.15, 0.2) is 11.5 Å². The highest BCUT2D eigenvalue weighted by Gasteiger charge is 2.21. The Morgan fingerprint density at radius 2 is 1.88 bits per heavy atom. The standard InChI is InChI=1S/C13H19NO2/c1-9(10-4-6-14-7-5-10)11-2-3-12(15)13(16)8-11/h2-3,8-10,14-16H,4-7H2,1H3. The zero-order valence-electron chi connectivity index (χ0n) is 9.61. The highest BCUT2D eigenvalue weighted by atomic mass is 16.3. The molecule has 0 amide bonds. The van der Waals surface area contributed by atoms with E-state index in [-0.39, 0.29) is 11.5 Å². The second kappa shape index (κ2) is 4.74. The Kier molecular flexibility index (Phi) is 3.34. The van der Waals surface area contributed by atoms with E-state index in [2.05, 4.69) is 12.2 Å². The topological polar surface area (TPSA) is 52.5 Å². The van der Waals surface area contributed by atoms with Gasteiger partial charge in [0.1, 0.15) is 0 Å². The molecule has 88 valence electrons. The van der Waals surface area contributed by atoms with Crippen molar-refractivity contribution in [3.63, 3.8) is 0 Å². The molecule has 16 heavy (non-hydrogen) atoms. The van der Waals surface area contributed by atoms with Gasteiger partial charge in [-0.3, -0.25) is 0 Å². The van der Waals surface area contributed by atoms with Crippen LogP contribution in [-0.4, -0.2) is 23.3 Å². The lowest BCUT2D eigenvalue weighted by Crippen LogP contribution is -2.30. The third-order valence-electron chi connectivity index (χ3n) is 3.62. The molecule has 1 aliphatic heterocycles. The van der Waals surface area contributed by atoms with E-state index in [1.54, 1.807) is 12.1 Å². The van der Waals surface area contributed by atoms with Crippen molar-refractivity contribution in [2.24, 2.45) is 5.92 Å². The molecule has 0 bridgehead atoms. The normalized spacial score (nSPS) is 19.6. The fourth-order valence-corrected chi connectivity index (χ4v) is 2.44. The minimum absolute atomic E-state index is 0.0155. The monoisotopic (exact) mass is 221 g/mol. The first-order chi connectivity index (χ1) is 7.68. The highest BCUT2D eigenvalue weighted by Crippen LogP contribution is 2.34. The molecule has 1 aromatic rings. The molecule has 0 aromatic heterocycles. The summed E-state index contributed by atoms with van der Waals surface area (Å²) in [6.45, 7) is 4.36. The first-order valence-electron chi connectivity index (χ1n) is 5.91. The minimum atomic E-state index is -0.0405. The van der Waals surface area contributed by atoms with Crippen molar-refractivity contribution in [1.29, 1.82) is 0 Å². The summed E-state index contributed by atoms with van der Waals surface area (Å²) in [5.41, 5.74) is 1.11. The lowest BCUT2D eigenvalue weighted by molar-refractivity contribution is 0.329. The predicted molar refractivity (Wildman–Crippen MR) is 63.8 cm³/mol. The predicted octanol–water partition coefficient (Wildman–Crippen LogP) is 2.20. The molecule has 3 N–H and O–H groups in total. The van der Waals surface area contributed by atoms with Crippen molar-refractivity contribution in [2.45, 2.75) is 25.7 Å². The summed E-state index contributed by atoms with van der Waals surface area (Å²) in [5, 5.41) is 22.1. The number of phenols is 2. The molecule has 0 radical (unpaired) electrons. The van der Waals surface area contributed by atoms with Gasteiger partial charge in [0.2, 0.25) is 0 Å². The number of hydrogen-bond acceptors (Lipinski definition) is 3. The second-order valence-corrected chi connectivity index (χ2v) is 4.62. The van der Waals surface area contributed by atoms with E-state index in [4.69, 9.17) is 0 Å². The van der Waals surface area contributed by atoms with E-state index < -0.39 is 0 Å². The van der Waals surface area contributed by atoms with Crippen molar-refractivity contribution >= 4 is 0 Å². The number of piperidine rings is 1. The van der Waals surface area contributed by atoms with Crippen LogP contribution in [0.5, 0.6) is 11.5 Å². The molecule has 0 spiro atoms. The van der Waals surface area contributed by atoms with Gasteiger partial charge in [-0.1, -0.05) is 13.0 Å². The molecule has 0 saturated carbocycles. The average Bonchev–Trinajstić information content (AvgIpc) is 2.33. The molecule has 1 aliphatic rings. The Hall–Kier alpha value is -1.22. The van der Waals surface area contributed by atoms with Gasteiger partial charge in [-0.15, -0.1) is 0 Å². The summed E-state index contributed by atoms with van der Waals surface area (Å²) >= 11 is 0. The van der Waals surface area contributed by atoms with Crippen LogP contribution in [0, 0.1) is 5.92 Å². The SMILES string of the molecule is CC(c1ccc(O)c(O)c1)C1CCNCC1. The Morgan fingerprint density at radius 1 is 1.19 bits per heavy atom. The molecule has 1 aromatic carbocycles. The summed E-state index contributed by atoms with van der Waals surface area (Å²) in [7, 11) is 0. The molecule has 3 nitrogen and oxygen atoms in total. The number of rotatable bonds is 2. The van der Waals surface area contributed by atoms with Crippen LogP contribution in [0.15, 0.2) is 18.2 Å². The Balaban J connectivity index is 2.12. The van der Waals surface area contributed by atoms with Gasteiger partial charge in [-0.2, -0.15) is 0 Å². The van der Waals surface area contributed by atoms with Gasteiger partial charge < -0.3 is 15.5 Å². The minimum Gasteiger partial charge on any atom is -0.504 e. The van der Waals surface area contributed by atoms with Crippen LogP contribution in [-0.2, 0) is 0 Å². The van der Waals surface area contributed by atoms with E-state index in [0.717, 1.165) is 18.7 Å². The summed E-state index contributed by atoms with van der Waals surface area (Å²) in [6, 6.07) is 5.16. The Bertz CT molecular complexity index is 359. The fraction of sp³-hybridized carbons (Fsp3) is 0.538. The van der Waals surface area contributed by atoms with Gasteiger partial charge in [-0.25, -0.2) is 0 Å². The zero-order valence-corrected chi connectivity index (χ0v) is 9.61.